The Labute approximate surface area is 191 Å². The summed E-state index contributed by atoms with van der Waals surface area (Å²) in [5, 5.41) is 2.52. The van der Waals surface area contributed by atoms with Crippen LogP contribution in [-0.4, -0.2) is 39.0 Å². The predicted octanol–water partition coefficient (Wildman–Crippen LogP) is 4.98. The largest absolute Gasteiger partial charge is 0.323 e. The highest BCUT2D eigenvalue weighted by molar-refractivity contribution is 8.15. The van der Waals surface area contributed by atoms with E-state index in [1.165, 1.54) is 23.9 Å². The van der Waals surface area contributed by atoms with Gasteiger partial charge in [-0.3, -0.25) is 14.6 Å². The van der Waals surface area contributed by atoms with Crippen LogP contribution in [-0.2, 0) is 9.59 Å². The van der Waals surface area contributed by atoms with Gasteiger partial charge in [-0.05, 0) is 43.0 Å². The van der Waals surface area contributed by atoms with Gasteiger partial charge in [0.15, 0.2) is 5.17 Å². The molecule has 2 aromatic carbocycles. The van der Waals surface area contributed by atoms with Gasteiger partial charge in [-0.2, -0.15) is 0 Å². The van der Waals surface area contributed by atoms with Crippen molar-refractivity contribution >= 4 is 46.0 Å². The van der Waals surface area contributed by atoms with E-state index in [9.17, 15) is 14.0 Å². The molecule has 4 rings (SSSR count). The first-order chi connectivity index (χ1) is 15.4. The van der Waals surface area contributed by atoms with Crippen LogP contribution in [0.4, 0.5) is 15.8 Å². The molecule has 2 heterocycles. The molecule has 0 aromatic heterocycles. The smallest absolute Gasteiger partial charge is 0.259 e. The highest BCUT2D eigenvalue weighted by Crippen LogP contribution is 2.36. The van der Waals surface area contributed by atoms with E-state index in [0.29, 0.717) is 35.5 Å². The molecule has 2 aliphatic rings. The van der Waals surface area contributed by atoms with Gasteiger partial charge in [-0.15, -0.1) is 0 Å². The second-order valence-electron chi connectivity index (χ2n) is 8.17. The number of fused-ring (bicyclic) bond motifs is 3. The first-order valence-corrected chi connectivity index (χ1v) is 11.6. The second kappa shape index (κ2) is 9.24. The summed E-state index contributed by atoms with van der Waals surface area (Å²) in [4.78, 5) is 37.1. The molecule has 0 spiro atoms. The number of amidine groups is 2. The molecular formula is C24H25FN4O2S. The van der Waals surface area contributed by atoms with Gasteiger partial charge in [0.05, 0.1) is 16.6 Å². The third-order valence-corrected chi connectivity index (χ3v) is 6.60. The van der Waals surface area contributed by atoms with E-state index in [4.69, 9.17) is 9.98 Å². The Morgan fingerprint density at radius 1 is 1.19 bits per heavy atom. The maximum Gasteiger partial charge on any atom is 0.259 e. The number of anilines is 1. The molecule has 6 nitrogen and oxygen atoms in total. The molecule has 0 unspecified atom stereocenters. The molecule has 0 bridgehead atoms. The van der Waals surface area contributed by atoms with Crippen molar-refractivity contribution in [1.29, 1.82) is 0 Å². The Morgan fingerprint density at radius 2 is 1.91 bits per heavy atom. The molecule has 2 atom stereocenters. The molecule has 2 amide bonds. The lowest BCUT2D eigenvalue weighted by atomic mass is 10.0. The van der Waals surface area contributed by atoms with Crippen LogP contribution in [0, 0.1) is 11.7 Å². The molecule has 2 aromatic rings. The Hall–Kier alpha value is -3.00. The quantitative estimate of drug-likeness (QED) is 0.672. The van der Waals surface area contributed by atoms with Crippen molar-refractivity contribution < 1.29 is 14.0 Å². The fourth-order valence-corrected chi connectivity index (χ4v) is 4.73. The number of rotatable bonds is 6. The Kier molecular flexibility index (Phi) is 6.41. The van der Waals surface area contributed by atoms with Crippen molar-refractivity contribution in [3.8, 4) is 0 Å². The van der Waals surface area contributed by atoms with E-state index in [2.05, 4.69) is 19.2 Å². The number of hydrogen-bond donors (Lipinski definition) is 1. The normalized spacial score (nSPS) is 18.1. The van der Waals surface area contributed by atoms with E-state index < -0.39 is 17.1 Å². The molecule has 8 heteroatoms. The van der Waals surface area contributed by atoms with Crippen molar-refractivity contribution in [2.24, 2.45) is 15.9 Å². The van der Waals surface area contributed by atoms with Crippen LogP contribution in [0.25, 0.3) is 0 Å². The summed E-state index contributed by atoms with van der Waals surface area (Å²) in [6.45, 7) is 5.99. The fraction of sp³-hybridized carbons (Fsp3) is 0.333. The summed E-state index contributed by atoms with van der Waals surface area (Å²) in [6.07, 6.45) is 1.12. The number of para-hydroxylation sites is 2. The molecule has 0 fully saturated rings. The molecule has 0 aliphatic carbocycles. The van der Waals surface area contributed by atoms with Crippen molar-refractivity contribution in [2.75, 3.05) is 5.32 Å². The minimum absolute atomic E-state index is 0.126. The van der Waals surface area contributed by atoms with Gasteiger partial charge in [0, 0.05) is 5.56 Å². The number of nitrogens with zero attached hydrogens (tertiary/aromatic N) is 3. The molecule has 2 aliphatic heterocycles. The van der Waals surface area contributed by atoms with Gasteiger partial charge in [-0.1, -0.05) is 56.8 Å². The molecule has 0 radical (unpaired) electrons. The number of benzene rings is 2. The Morgan fingerprint density at radius 3 is 2.62 bits per heavy atom. The number of hydrogen-bond acceptors (Lipinski definition) is 5. The number of amides is 2. The summed E-state index contributed by atoms with van der Waals surface area (Å²) in [5.41, 5.74) is 1.65. The molecular weight excluding hydrogens is 427 g/mol. The first-order valence-electron chi connectivity index (χ1n) is 10.7. The first kappa shape index (κ1) is 22.2. The zero-order valence-electron chi connectivity index (χ0n) is 18.2. The van der Waals surface area contributed by atoms with Gasteiger partial charge >= 0.3 is 0 Å². The minimum atomic E-state index is -0.559. The van der Waals surface area contributed by atoms with E-state index in [1.807, 2.05) is 31.2 Å². The highest BCUT2D eigenvalue weighted by atomic mass is 32.2. The predicted molar refractivity (Wildman–Crippen MR) is 127 cm³/mol. The fourth-order valence-electron chi connectivity index (χ4n) is 3.71. The van der Waals surface area contributed by atoms with Gasteiger partial charge in [0.2, 0.25) is 5.91 Å². The van der Waals surface area contributed by atoms with Crippen molar-refractivity contribution in [3.63, 3.8) is 0 Å². The summed E-state index contributed by atoms with van der Waals surface area (Å²) < 4.78 is 14.0. The second-order valence-corrected chi connectivity index (χ2v) is 9.34. The SMILES string of the molecule is CC[C@@H](SC1=Nc2ccccc2C2=N[C@@H](CC(C)C)C(=O)N12)C(=O)Nc1ccccc1F. The van der Waals surface area contributed by atoms with Crippen LogP contribution in [0.1, 0.15) is 39.2 Å². The number of carbonyl (C=O) groups is 2. The average molecular weight is 453 g/mol. The topological polar surface area (TPSA) is 74.1 Å². The van der Waals surface area contributed by atoms with Gasteiger partial charge < -0.3 is 5.32 Å². The van der Waals surface area contributed by atoms with E-state index >= 15 is 0 Å². The molecule has 0 saturated carbocycles. The lowest BCUT2D eigenvalue weighted by Crippen LogP contribution is -2.42. The highest BCUT2D eigenvalue weighted by Gasteiger charge is 2.42. The van der Waals surface area contributed by atoms with Crippen molar-refractivity contribution in [1.82, 2.24) is 4.90 Å². The molecule has 1 N–H and O–H groups in total. The van der Waals surface area contributed by atoms with Crippen molar-refractivity contribution in [3.05, 3.63) is 59.9 Å². The standard InChI is InChI=1S/C24H25FN4O2S/c1-4-20(22(30)27-18-12-8-6-10-16(18)25)32-24-28-17-11-7-5-9-15(17)21-26-19(13-14(2)3)23(31)29(21)24/h5-12,14,19-20H,4,13H2,1-3H3,(H,27,30)/t19-,20+/m0/s1. The monoisotopic (exact) mass is 452 g/mol. The zero-order valence-corrected chi connectivity index (χ0v) is 19.0. The minimum Gasteiger partial charge on any atom is -0.323 e. The third kappa shape index (κ3) is 4.32. The molecule has 0 saturated heterocycles. The number of thioether (sulfide) groups is 1. The van der Waals surface area contributed by atoms with Gasteiger partial charge in [0.1, 0.15) is 17.7 Å². The Balaban J connectivity index is 1.63. The van der Waals surface area contributed by atoms with Crippen LogP contribution in [0.3, 0.4) is 0 Å². The summed E-state index contributed by atoms with van der Waals surface area (Å²) in [7, 11) is 0. The lowest BCUT2D eigenvalue weighted by molar-refractivity contribution is -0.125. The average Bonchev–Trinajstić information content (AvgIpc) is 3.09. The van der Waals surface area contributed by atoms with E-state index in [1.54, 1.807) is 17.0 Å². The Bertz CT molecular complexity index is 1110. The van der Waals surface area contributed by atoms with Crippen LogP contribution >= 0.6 is 11.8 Å². The molecule has 166 valence electrons. The van der Waals surface area contributed by atoms with Crippen molar-refractivity contribution in [2.45, 2.75) is 44.9 Å². The third-order valence-electron chi connectivity index (χ3n) is 5.28. The zero-order chi connectivity index (χ0) is 22.8. The maximum atomic E-state index is 14.0. The lowest BCUT2D eigenvalue weighted by Gasteiger charge is -2.27. The summed E-state index contributed by atoms with van der Waals surface area (Å²) in [6, 6.07) is 13.1. The van der Waals surface area contributed by atoms with Gasteiger partial charge in [0.25, 0.3) is 5.91 Å². The number of halogens is 1. The van der Waals surface area contributed by atoms with Crippen LogP contribution < -0.4 is 5.32 Å². The van der Waals surface area contributed by atoms with Crippen LogP contribution in [0.15, 0.2) is 58.5 Å². The number of carbonyl (C=O) groups excluding carboxylic acids is 2. The van der Waals surface area contributed by atoms with E-state index in [-0.39, 0.29) is 17.5 Å². The summed E-state index contributed by atoms with van der Waals surface area (Å²) >= 11 is 1.20. The van der Waals surface area contributed by atoms with Crippen LogP contribution in [0.2, 0.25) is 0 Å². The van der Waals surface area contributed by atoms with Gasteiger partial charge in [-0.25, -0.2) is 14.3 Å². The number of nitrogens with one attached hydrogen (secondary N) is 1. The molecule has 32 heavy (non-hydrogen) atoms. The van der Waals surface area contributed by atoms with Crippen LogP contribution in [0.5, 0.6) is 0 Å². The summed E-state index contributed by atoms with van der Waals surface area (Å²) in [5.74, 6) is -0.0665. The number of aliphatic imine (C=N–C) groups is 2. The van der Waals surface area contributed by atoms with E-state index in [0.717, 1.165) is 5.56 Å². The maximum absolute atomic E-state index is 14.0.